The van der Waals surface area contributed by atoms with E-state index < -0.39 is 0 Å². The standard InChI is InChI=1S/C18H15Cl2N3O2/c1-22-9-23(2)11-4-6-13-15(8-11)25-18(16(13)21)17(24)12-5-3-10(19)7-14(12)20/h3-9H,21H2,1-2H3. The summed E-state index contributed by atoms with van der Waals surface area (Å²) in [5.74, 6) is -0.330. The van der Waals surface area contributed by atoms with Gasteiger partial charge in [0.2, 0.25) is 5.78 Å². The van der Waals surface area contributed by atoms with E-state index >= 15 is 0 Å². The minimum absolute atomic E-state index is 0.0585. The minimum Gasteiger partial charge on any atom is -0.450 e. The second-order valence-corrected chi connectivity index (χ2v) is 6.31. The van der Waals surface area contributed by atoms with E-state index in [4.69, 9.17) is 33.4 Å². The van der Waals surface area contributed by atoms with E-state index in [1.54, 1.807) is 31.6 Å². The maximum Gasteiger partial charge on any atom is 0.231 e. The molecule has 0 radical (unpaired) electrons. The number of nitrogen functional groups attached to an aromatic ring is 1. The van der Waals surface area contributed by atoms with Crippen LogP contribution in [0.15, 0.2) is 45.8 Å². The van der Waals surface area contributed by atoms with Gasteiger partial charge in [0.05, 0.1) is 17.0 Å². The third-order valence-corrected chi connectivity index (χ3v) is 4.34. The molecule has 0 spiro atoms. The summed E-state index contributed by atoms with van der Waals surface area (Å²) in [6.45, 7) is 0. The number of rotatable bonds is 4. The Morgan fingerprint density at radius 2 is 2.00 bits per heavy atom. The zero-order chi connectivity index (χ0) is 18.1. The number of halogens is 2. The van der Waals surface area contributed by atoms with Crippen LogP contribution >= 0.6 is 23.2 Å². The first-order chi connectivity index (χ1) is 11.9. The van der Waals surface area contributed by atoms with Crippen molar-refractivity contribution in [2.45, 2.75) is 0 Å². The first-order valence-electron chi connectivity index (χ1n) is 7.39. The maximum absolute atomic E-state index is 12.8. The molecule has 0 aliphatic carbocycles. The van der Waals surface area contributed by atoms with Gasteiger partial charge in [0.1, 0.15) is 5.58 Å². The number of ketones is 1. The summed E-state index contributed by atoms with van der Waals surface area (Å²) in [5.41, 5.74) is 8.06. The van der Waals surface area contributed by atoms with Crippen LogP contribution in [0.1, 0.15) is 16.1 Å². The van der Waals surface area contributed by atoms with Gasteiger partial charge in [-0.15, -0.1) is 0 Å². The Balaban J connectivity index is 2.07. The third-order valence-electron chi connectivity index (χ3n) is 3.79. The van der Waals surface area contributed by atoms with Crippen molar-refractivity contribution in [3.05, 3.63) is 57.8 Å². The van der Waals surface area contributed by atoms with Gasteiger partial charge in [0.15, 0.2) is 5.76 Å². The van der Waals surface area contributed by atoms with Crippen LogP contribution in [0, 0.1) is 0 Å². The molecule has 25 heavy (non-hydrogen) atoms. The fourth-order valence-electron chi connectivity index (χ4n) is 2.53. The molecule has 5 nitrogen and oxygen atoms in total. The SMILES string of the molecule is CN=CN(C)c1ccc2c(N)c(C(=O)c3ccc(Cl)cc3Cl)oc2c1. The number of aliphatic imine (C=N–C) groups is 1. The maximum atomic E-state index is 12.8. The van der Waals surface area contributed by atoms with E-state index in [0.29, 0.717) is 16.0 Å². The van der Waals surface area contributed by atoms with Gasteiger partial charge in [-0.05, 0) is 30.3 Å². The van der Waals surface area contributed by atoms with E-state index in [0.717, 1.165) is 5.69 Å². The molecule has 3 aromatic rings. The van der Waals surface area contributed by atoms with Gasteiger partial charge in [-0.1, -0.05) is 23.2 Å². The number of anilines is 2. The third kappa shape index (κ3) is 3.21. The summed E-state index contributed by atoms with van der Waals surface area (Å²) >= 11 is 12.0. The van der Waals surface area contributed by atoms with E-state index in [1.165, 1.54) is 6.07 Å². The molecule has 128 valence electrons. The molecule has 0 amide bonds. The first kappa shape index (κ1) is 17.3. The molecule has 0 saturated carbocycles. The quantitative estimate of drug-likeness (QED) is 0.409. The van der Waals surface area contributed by atoms with Crippen LogP contribution < -0.4 is 10.6 Å². The van der Waals surface area contributed by atoms with Gasteiger partial charge in [-0.25, -0.2) is 0 Å². The number of hydrogen-bond acceptors (Lipinski definition) is 4. The van der Waals surface area contributed by atoms with Crippen LogP contribution in [0.2, 0.25) is 10.0 Å². The summed E-state index contributed by atoms with van der Waals surface area (Å²) in [7, 11) is 3.55. The number of nitrogens with two attached hydrogens (primary N) is 1. The summed E-state index contributed by atoms with van der Waals surface area (Å²) in [5, 5.41) is 1.36. The molecule has 2 aromatic carbocycles. The topological polar surface area (TPSA) is 71.8 Å². The fraction of sp³-hybridized carbons (Fsp3) is 0.111. The van der Waals surface area contributed by atoms with Crippen molar-refractivity contribution < 1.29 is 9.21 Å². The molecule has 1 heterocycles. The summed E-state index contributed by atoms with van der Waals surface area (Å²) in [4.78, 5) is 18.6. The van der Waals surface area contributed by atoms with Crippen molar-refractivity contribution in [1.29, 1.82) is 0 Å². The van der Waals surface area contributed by atoms with Crippen molar-refractivity contribution in [2.24, 2.45) is 4.99 Å². The zero-order valence-corrected chi connectivity index (χ0v) is 15.1. The number of hydrogen-bond donors (Lipinski definition) is 1. The monoisotopic (exact) mass is 375 g/mol. The molecule has 0 saturated heterocycles. The average Bonchev–Trinajstić information content (AvgIpc) is 2.91. The van der Waals surface area contributed by atoms with Crippen LogP contribution in [0.25, 0.3) is 11.0 Å². The Morgan fingerprint density at radius 1 is 1.24 bits per heavy atom. The van der Waals surface area contributed by atoms with Crippen molar-refractivity contribution >= 4 is 57.7 Å². The number of nitrogens with zero attached hydrogens (tertiary/aromatic N) is 2. The normalized spacial score (nSPS) is 11.4. The van der Waals surface area contributed by atoms with Crippen molar-refractivity contribution in [3.8, 4) is 0 Å². The molecule has 1 aromatic heterocycles. The van der Waals surface area contributed by atoms with Crippen LogP contribution in [0.5, 0.6) is 0 Å². The number of carbonyl (C=O) groups is 1. The van der Waals surface area contributed by atoms with Crippen LogP contribution in [-0.2, 0) is 0 Å². The van der Waals surface area contributed by atoms with Crippen LogP contribution in [0.4, 0.5) is 11.4 Å². The molecule has 2 N–H and O–H groups in total. The highest BCUT2D eigenvalue weighted by molar-refractivity contribution is 6.37. The lowest BCUT2D eigenvalue weighted by atomic mass is 10.1. The second kappa shape index (κ2) is 6.78. The highest BCUT2D eigenvalue weighted by Crippen LogP contribution is 2.34. The Labute approximate surface area is 154 Å². The summed E-state index contributed by atoms with van der Waals surface area (Å²) in [6.07, 6.45) is 1.67. The van der Waals surface area contributed by atoms with E-state index in [9.17, 15) is 4.79 Å². The molecule has 0 fully saturated rings. The highest BCUT2D eigenvalue weighted by Gasteiger charge is 2.22. The molecule has 3 rings (SSSR count). The van der Waals surface area contributed by atoms with Gasteiger partial charge >= 0.3 is 0 Å². The smallest absolute Gasteiger partial charge is 0.231 e. The number of furan rings is 1. The van der Waals surface area contributed by atoms with Gasteiger partial charge in [-0.2, -0.15) is 0 Å². The summed E-state index contributed by atoms with van der Waals surface area (Å²) in [6, 6.07) is 10.1. The summed E-state index contributed by atoms with van der Waals surface area (Å²) < 4.78 is 5.73. The Morgan fingerprint density at radius 3 is 2.68 bits per heavy atom. The van der Waals surface area contributed by atoms with Gasteiger partial charge in [0.25, 0.3) is 0 Å². The van der Waals surface area contributed by atoms with E-state index in [2.05, 4.69) is 4.99 Å². The van der Waals surface area contributed by atoms with Gasteiger partial charge in [-0.3, -0.25) is 9.79 Å². The van der Waals surface area contributed by atoms with Gasteiger partial charge in [0, 0.05) is 41.8 Å². The number of carbonyl (C=O) groups excluding carboxylic acids is 1. The molecule has 0 aliphatic rings. The highest BCUT2D eigenvalue weighted by atomic mass is 35.5. The Kier molecular flexibility index (Phi) is 4.70. The zero-order valence-electron chi connectivity index (χ0n) is 13.6. The number of benzene rings is 2. The van der Waals surface area contributed by atoms with E-state index in [1.807, 2.05) is 24.1 Å². The molecule has 0 atom stereocenters. The van der Waals surface area contributed by atoms with Crippen molar-refractivity contribution in [1.82, 2.24) is 0 Å². The molecular weight excluding hydrogens is 361 g/mol. The van der Waals surface area contributed by atoms with Crippen LogP contribution in [-0.4, -0.2) is 26.2 Å². The second-order valence-electron chi connectivity index (χ2n) is 5.46. The van der Waals surface area contributed by atoms with E-state index in [-0.39, 0.29) is 27.8 Å². The minimum atomic E-state index is -0.389. The molecule has 7 heteroatoms. The Bertz CT molecular complexity index is 995. The van der Waals surface area contributed by atoms with Gasteiger partial charge < -0.3 is 15.1 Å². The molecular formula is C18H15Cl2N3O2. The van der Waals surface area contributed by atoms with Crippen LogP contribution in [0.3, 0.4) is 0 Å². The van der Waals surface area contributed by atoms with Crippen molar-refractivity contribution in [2.75, 3.05) is 24.7 Å². The first-order valence-corrected chi connectivity index (χ1v) is 8.15. The Hall–Kier alpha value is -2.50. The molecule has 0 aliphatic heterocycles. The molecule has 0 bridgehead atoms. The lowest BCUT2D eigenvalue weighted by molar-refractivity contribution is 0.101. The lowest BCUT2D eigenvalue weighted by Gasteiger charge is -2.12. The largest absolute Gasteiger partial charge is 0.450 e. The number of fused-ring (bicyclic) bond motifs is 1. The molecule has 0 unspecified atom stereocenters. The predicted octanol–water partition coefficient (Wildman–Crippen LogP) is 4.65. The predicted molar refractivity (Wildman–Crippen MR) is 103 cm³/mol. The van der Waals surface area contributed by atoms with Crippen molar-refractivity contribution in [3.63, 3.8) is 0 Å². The fourth-order valence-corrected chi connectivity index (χ4v) is 3.02. The average molecular weight is 376 g/mol. The lowest BCUT2D eigenvalue weighted by Crippen LogP contribution is -2.13.